The van der Waals surface area contributed by atoms with Gasteiger partial charge in [-0.15, -0.1) is 0 Å². The number of nitro benzene ring substituents is 1. The number of hydrogen-bond donors (Lipinski definition) is 4. The molecule has 0 saturated carbocycles. The number of nitrogens with zero attached hydrogens (tertiary/aromatic N) is 1. The normalized spacial score (nSPS) is 10.8. The summed E-state index contributed by atoms with van der Waals surface area (Å²) in [7, 11) is 0. The third-order valence-electron chi connectivity index (χ3n) is 4.12. The number of nitrogen functional groups attached to an aromatic ring is 1. The second-order valence-electron chi connectivity index (χ2n) is 6.45. The molecule has 0 aliphatic rings. The van der Waals surface area contributed by atoms with Crippen LogP contribution in [0.4, 0.5) is 11.4 Å². The molecule has 9 heteroatoms. The fourth-order valence-corrected chi connectivity index (χ4v) is 2.49. The zero-order valence-corrected chi connectivity index (χ0v) is 16.3. The Labute approximate surface area is 177 Å². The number of nitrogens with two attached hydrogens (primary N) is 1. The van der Waals surface area contributed by atoms with Crippen molar-refractivity contribution in [3.8, 4) is 5.75 Å². The van der Waals surface area contributed by atoms with E-state index in [1.165, 1.54) is 36.4 Å². The summed E-state index contributed by atoms with van der Waals surface area (Å²) in [6.45, 7) is 0. The molecule has 0 saturated heterocycles. The molecule has 3 rings (SSSR count). The van der Waals surface area contributed by atoms with Crippen molar-refractivity contribution in [1.82, 2.24) is 5.32 Å². The van der Waals surface area contributed by atoms with Crippen LogP contribution in [0.2, 0.25) is 0 Å². The molecule has 3 aromatic rings. The maximum absolute atomic E-state index is 12.0. The maximum Gasteiger partial charge on any atom is 0.326 e. The molecule has 0 fully saturated rings. The van der Waals surface area contributed by atoms with Crippen LogP contribution in [0.3, 0.4) is 0 Å². The first-order valence-corrected chi connectivity index (χ1v) is 9.13. The molecule has 160 valence electrons. The number of carbonyl (C=O) groups is 2. The Bertz CT molecular complexity index is 1020. The van der Waals surface area contributed by atoms with E-state index < -0.39 is 22.8 Å². The third-order valence-corrected chi connectivity index (χ3v) is 4.12. The van der Waals surface area contributed by atoms with Gasteiger partial charge in [0.05, 0.1) is 4.92 Å². The van der Waals surface area contributed by atoms with Crippen LogP contribution in [-0.4, -0.2) is 33.1 Å². The number of nitrogens with one attached hydrogen (secondary N) is 1. The number of nitro groups is 1. The molecule has 9 nitrogen and oxygen atoms in total. The smallest absolute Gasteiger partial charge is 0.326 e. The monoisotopic (exact) mass is 423 g/mol. The molecule has 1 atom stereocenters. The van der Waals surface area contributed by atoms with E-state index in [0.717, 1.165) is 0 Å². The fraction of sp³-hybridized carbons (Fsp3) is 0.0909. The van der Waals surface area contributed by atoms with E-state index in [4.69, 9.17) is 5.73 Å². The van der Waals surface area contributed by atoms with Gasteiger partial charge in [0.2, 0.25) is 0 Å². The van der Waals surface area contributed by atoms with Crippen LogP contribution in [0.1, 0.15) is 15.9 Å². The molecule has 31 heavy (non-hydrogen) atoms. The second-order valence-corrected chi connectivity index (χ2v) is 6.45. The van der Waals surface area contributed by atoms with Gasteiger partial charge in [-0.2, -0.15) is 0 Å². The molecular weight excluding hydrogens is 402 g/mol. The number of aromatic hydroxyl groups is 1. The first-order valence-electron chi connectivity index (χ1n) is 9.13. The molecule has 1 amide bonds. The largest absolute Gasteiger partial charge is 0.508 e. The average Bonchev–Trinajstić information content (AvgIpc) is 2.76. The van der Waals surface area contributed by atoms with Crippen LogP contribution < -0.4 is 11.1 Å². The van der Waals surface area contributed by atoms with Crippen molar-refractivity contribution >= 4 is 23.3 Å². The minimum absolute atomic E-state index is 0.0641. The lowest BCUT2D eigenvalue weighted by atomic mass is 10.1. The number of phenolic OH excluding ortho intramolecular Hbond substituents is 1. The number of benzene rings is 3. The van der Waals surface area contributed by atoms with Crippen LogP contribution in [0.5, 0.6) is 5.75 Å². The lowest BCUT2D eigenvalue weighted by Gasteiger charge is -2.14. The van der Waals surface area contributed by atoms with Gasteiger partial charge in [0.25, 0.3) is 11.6 Å². The van der Waals surface area contributed by atoms with Crippen molar-refractivity contribution in [2.45, 2.75) is 12.5 Å². The van der Waals surface area contributed by atoms with Gasteiger partial charge in [0.1, 0.15) is 11.8 Å². The van der Waals surface area contributed by atoms with E-state index in [0.29, 0.717) is 16.8 Å². The first kappa shape index (κ1) is 22.9. The van der Waals surface area contributed by atoms with Crippen molar-refractivity contribution in [3.05, 3.63) is 100 Å². The van der Waals surface area contributed by atoms with Gasteiger partial charge in [-0.25, -0.2) is 4.79 Å². The van der Waals surface area contributed by atoms with Crippen LogP contribution in [0.25, 0.3) is 0 Å². The predicted octanol–water partition coefficient (Wildman–Crippen LogP) is 2.99. The Kier molecular flexibility index (Phi) is 8.09. The van der Waals surface area contributed by atoms with Crippen LogP contribution in [0.15, 0.2) is 78.9 Å². The standard InChI is InChI=1S/C16H15NO4.C6H6N2O2/c18-13-8-6-11(7-9-13)10-14(16(20)21)17-15(19)12-4-2-1-3-5-12;7-5-1-3-6(4-2-5)8(9)10/h1-9,14,18H,10H2,(H,17,19)(H,20,21);1-4H,7H2. The van der Waals surface area contributed by atoms with Gasteiger partial charge in [-0.05, 0) is 42.0 Å². The molecule has 0 aliphatic heterocycles. The summed E-state index contributed by atoms with van der Waals surface area (Å²) >= 11 is 0. The van der Waals surface area contributed by atoms with Crippen molar-refractivity contribution in [2.24, 2.45) is 0 Å². The maximum atomic E-state index is 12.0. The van der Waals surface area contributed by atoms with Gasteiger partial charge < -0.3 is 21.3 Å². The van der Waals surface area contributed by atoms with E-state index in [1.807, 2.05) is 0 Å². The summed E-state index contributed by atoms with van der Waals surface area (Å²) in [5, 5.41) is 31.0. The highest BCUT2D eigenvalue weighted by molar-refractivity contribution is 5.96. The fourth-order valence-electron chi connectivity index (χ4n) is 2.49. The van der Waals surface area contributed by atoms with Gasteiger partial charge >= 0.3 is 5.97 Å². The number of hydrogen-bond acceptors (Lipinski definition) is 6. The Balaban J connectivity index is 0.000000285. The summed E-state index contributed by atoms with van der Waals surface area (Å²) < 4.78 is 0. The molecule has 0 spiro atoms. The number of aliphatic carboxylic acids is 1. The number of carboxylic acid groups (broad SMARTS) is 1. The number of rotatable bonds is 6. The molecule has 5 N–H and O–H groups in total. The Morgan fingerprint density at radius 2 is 1.55 bits per heavy atom. The lowest BCUT2D eigenvalue weighted by molar-refractivity contribution is -0.384. The van der Waals surface area contributed by atoms with Gasteiger partial charge in [0.15, 0.2) is 0 Å². The molecular formula is C22H21N3O6. The van der Waals surface area contributed by atoms with Crippen LogP contribution in [0, 0.1) is 10.1 Å². The highest BCUT2D eigenvalue weighted by Crippen LogP contribution is 2.13. The third kappa shape index (κ3) is 7.50. The van der Waals surface area contributed by atoms with Crippen molar-refractivity contribution in [1.29, 1.82) is 0 Å². The van der Waals surface area contributed by atoms with E-state index in [2.05, 4.69) is 5.32 Å². The topological polar surface area (TPSA) is 156 Å². The number of phenols is 1. The Morgan fingerprint density at radius 3 is 2.06 bits per heavy atom. The van der Waals surface area contributed by atoms with E-state index in [9.17, 15) is 29.9 Å². The average molecular weight is 423 g/mol. The molecule has 0 aliphatic carbocycles. The Hall–Kier alpha value is -4.40. The second kappa shape index (κ2) is 11.0. The Morgan fingerprint density at radius 1 is 0.968 bits per heavy atom. The number of anilines is 1. The number of non-ortho nitro benzene ring substituents is 1. The summed E-state index contributed by atoms with van der Waals surface area (Å²) in [6.07, 6.45) is 0.147. The van der Waals surface area contributed by atoms with Crippen LogP contribution >= 0.6 is 0 Å². The zero-order valence-electron chi connectivity index (χ0n) is 16.3. The predicted molar refractivity (Wildman–Crippen MR) is 115 cm³/mol. The van der Waals surface area contributed by atoms with Crippen molar-refractivity contribution in [2.75, 3.05) is 5.73 Å². The highest BCUT2D eigenvalue weighted by atomic mass is 16.6. The van der Waals surface area contributed by atoms with Gasteiger partial charge in [-0.1, -0.05) is 30.3 Å². The quantitative estimate of drug-likeness (QED) is 0.270. The number of carbonyl (C=O) groups excluding carboxylic acids is 1. The SMILES string of the molecule is Nc1ccc([N+](=O)[O-])cc1.O=C(NC(Cc1ccc(O)cc1)C(=O)O)c1ccccc1. The zero-order chi connectivity index (χ0) is 22.8. The molecule has 1 unspecified atom stereocenters. The molecule has 3 aromatic carbocycles. The summed E-state index contributed by atoms with van der Waals surface area (Å²) in [6, 6.07) is 19.4. The molecule has 0 heterocycles. The number of carboxylic acids is 1. The van der Waals surface area contributed by atoms with E-state index in [-0.39, 0.29) is 17.9 Å². The minimum atomic E-state index is -1.10. The number of amides is 1. The van der Waals surface area contributed by atoms with Crippen molar-refractivity contribution < 1.29 is 24.7 Å². The van der Waals surface area contributed by atoms with Crippen molar-refractivity contribution in [3.63, 3.8) is 0 Å². The first-order chi connectivity index (χ1) is 14.8. The van der Waals surface area contributed by atoms with Gasteiger partial charge in [0, 0.05) is 29.8 Å². The molecule has 0 radical (unpaired) electrons. The van der Waals surface area contributed by atoms with Crippen LogP contribution in [-0.2, 0) is 11.2 Å². The minimum Gasteiger partial charge on any atom is -0.508 e. The highest BCUT2D eigenvalue weighted by Gasteiger charge is 2.21. The lowest BCUT2D eigenvalue weighted by Crippen LogP contribution is -2.42. The molecule has 0 aromatic heterocycles. The summed E-state index contributed by atoms with van der Waals surface area (Å²) in [5.41, 5.74) is 7.03. The molecule has 0 bridgehead atoms. The summed E-state index contributed by atoms with van der Waals surface area (Å²) in [5.74, 6) is -1.42. The van der Waals surface area contributed by atoms with E-state index >= 15 is 0 Å². The van der Waals surface area contributed by atoms with E-state index in [1.54, 1.807) is 42.5 Å². The van der Waals surface area contributed by atoms with Gasteiger partial charge in [-0.3, -0.25) is 14.9 Å². The summed E-state index contributed by atoms with van der Waals surface area (Å²) in [4.78, 5) is 32.9.